The second kappa shape index (κ2) is 5.75. The summed E-state index contributed by atoms with van der Waals surface area (Å²) in [6.07, 6.45) is 1.29. The van der Waals surface area contributed by atoms with Gasteiger partial charge >= 0.3 is 0 Å². The molecular formula is C12H20N2OS. The van der Waals surface area contributed by atoms with Crippen molar-refractivity contribution < 1.29 is 4.42 Å². The Kier molecular flexibility index (Phi) is 4.32. The fraction of sp³-hybridized carbons (Fsp3) is 0.667. The molecule has 2 heterocycles. The van der Waals surface area contributed by atoms with Crippen molar-refractivity contribution in [2.75, 3.05) is 24.6 Å². The summed E-state index contributed by atoms with van der Waals surface area (Å²) in [7, 11) is 0. The van der Waals surface area contributed by atoms with Crippen LogP contribution in [-0.4, -0.2) is 29.5 Å². The molecule has 1 aliphatic heterocycles. The van der Waals surface area contributed by atoms with E-state index in [1.165, 1.54) is 36.6 Å². The summed E-state index contributed by atoms with van der Waals surface area (Å²) in [5.74, 6) is 4.52. The molecule has 0 saturated carbocycles. The smallest absolute Gasteiger partial charge is 0.120 e. The van der Waals surface area contributed by atoms with Crippen LogP contribution in [0.1, 0.15) is 23.5 Å². The lowest BCUT2D eigenvalue weighted by molar-refractivity contribution is 0.259. The number of hydrogen-bond acceptors (Lipinski definition) is 4. The molecule has 0 spiro atoms. The Labute approximate surface area is 101 Å². The third kappa shape index (κ3) is 3.03. The van der Waals surface area contributed by atoms with E-state index in [2.05, 4.69) is 29.7 Å². The van der Waals surface area contributed by atoms with Crippen LogP contribution in [0, 0.1) is 6.92 Å². The van der Waals surface area contributed by atoms with Crippen molar-refractivity contribution in [3.05, 3.63) is 23.2 Å². The maximum absolute atomic E-state index is 5.73. The van der Waals surface area contributed by atoms with E-state index in [0.29, 0.717) is 6.54 Å². The van der Waals surface area contributed by atoms with Gasteiger partial charge in [0.1, 0.15) is 11.5 Å². The van der Waals surface area contributed by atoms with Crippen molar-refractivity contribution in [3.8, 4) is 0 Å². The van der Waals surface area contributed by atoms with Gasteiger partial charge < -0.3 is 10.2 Å². The first-order valence-corrected chi connectivity index (χ1v) is 7.03. The van der Waals surface area contributed by atoms with E-state index in [9.17, 15) is 0 Å². The Bertz CT molecular complexity index is 330. The second-order valence-corrected chi connectivity index (χ2v) is 5.49. The van der Waals surface area contributed by atoms with Gasteiger partial charge in [0.15, 0.2) is 0 Å². The van der Waals surface area contributed by atoms with Crippen LogP contribution in [0.2, 0.25) is 0 Å². The molecule has 16 heavy (non-hydrogen) atoms. The maximum Gasteiger partial charge on any atom is 0.120 e. The highest BCUT2D eigenvalue weighted by Gasteiger charge is 2.13. The van der Waals surface area contributed by atoms with Crippen molar-refractivity contribution in [2.24, 2.45) is 5.73 Å². The fourth-order valence-corrected chi connectivity index (χ4v) is 2.97. The highest BCUT2D eigenvalue weighted by molar-refractivity contribution is 7.99. The molecule has 0 radical (unpaired) electrons. The molecule has 1 saturated heterocycles. The third-order valence-corrected chi connectivity index (χ3v) is 4.00. The van der Waals surface area contributed by atoms with Crippen LogP contribution >= 0.6 is 11.8 Å². The molecular weight excluding hydrogens is 220 g/mol. The molecule has 0 unspecified atom stereocenters. The molecule has 2 N–H and O–H groups in total. The monoisotopic (exact) mass is 240 g/mol. The van der Waals surface area contributed by atoms with Gasteiger partial charge in [-0.05, 0) is 37.3 Å². The molecule has 0 amide bonds. The van der Waals surface area contributed by atoms with Gasteiger partial charge in [-0.1, -0.05) is 0 Å². The minimum atomic E-state index is 0.502. The van der Waals surface area contributed by atoms with E-state index in [4.69, 9.17) is 10.2 Å². The highest BCUT2D eigenvalue weighted by Crippen LogP contribution is 2.18. The van der Waals surface area contributed by atoms with Crippen molar-refractivity contribution in [1.29, 1.82) is 0 Å². The Hall–Kier alpha value is -0.450. The second-order valence-electron chi connectivity index (χ2n) is 4.27. The maximum atomic E-state index is 5.73. The lowest BCUT2D eigenvalue weighted by Crippen LogP contribution is -2.25. The summed E-state index contributed by atoms with van der Waals surface area (Å²) in [6.45, 7) is 5.85. The first-order chi connectivity index (χ1) is 7.79. The van der Waals surface area contributed by atoms with Gasteiger partial charge in [-0.15, -0.1) is 0 Å². The average molecular weight is 240 g/mol. The molecule has 0 aromatic carbocycles. The van der Waals surface area contributed by atoms with Gasteiger partial charge in [0.05, 0.1) is 13.1 Å². The number of nitrogens with two attached hydrogens (primary N) is 1. The lowest BCUT2D eigenvalue weighted by atomic mass is 10.2. The van der Waals surface area contributed by atoms with Crippen LogP contribution < -0.4 is 5.73 Å². The molecule has 1 aromatic rings. The summed E-state index contributed by atoms with van der Waals surface area (Å²) >= 11 is 2.05. The van der Waals surface area contributed by atoms with E-state index in [-0.39, 0.29) is 0 Å². The van der Waals surface area contributed by atoms with Gasteiger partial charge in [0, 0.05) is 12.3 Å². The Morgan fingerprint density at radius 2 is 2.31 bits per heavy atom. The number of thioether (sulfide) groups is 1. The average Bonchev–Trinajstić information content (AvgIpc) is 2.50. The first-order valence-electron chi connectivity index (χ1n) is 5.88. The molecule has 1 aliphatic rings. The largest absolute Gasteiger partial charge is 0.463 e. The van der Waals surface area contributed by atoms with Gasteiger partial charge in [0.2, 0.25) is 0 Å². The normalized spacial score (nSPS) is 18.6. The van der Waals surface area contributed by atoms with Gasteiger partial charge in [-0.3, -0.25) is 4.90 Å². The molecule has 0 atom stereocenters. The number of furan rings is 1. The molecule has 3 nitrogen and oxygen atoms in total. The molecule has 1 fully saturated rings. The predicted octanol–water partition coefficient (Wildman–Crippen LogP) is 1.99. The zero-order valence-corrected chi connectivity index (χ0v) is 10.7. The first kappa shape index (κ1) is 12.0. The van der Waals surface area contributed by atoms with Crippen LogP contribution in [0.15, 0.2) is 10.5 Å². The summed E-state index contributed by atoms with van der Waals surface area (Å²) in [5.41, 5.74) is 6.79. The minimum Gasteiger partial charge on any atom is -0.463 e. The zero-order chi connectivity index (χ0) is 11.4. The van der Waals surface area contributed by atoms with Gasteiger partial charge in [-0.2, -0.15) is 11.8 Å². The molecule has 0 bridgehead atoms. The van der Waals surface area contributed by atoms with Crippen molar-refractivity contribution in [3.63, 3.8) is 0 Å². The van der Waals surface area contributed by atoms with Gasteiger partial charge in [-0.25, -0.2) is 0 Å². The number of hydrogen-bond donors (Lipinski definition) is 1. The summed E-state index contributed by atoms with van der Waals surface area (Å²) < 4.78 is 5.73. The van der Waals surface area contributed by atoms with Crippen LogP contribution in [0.25, 0.3) is 0 Å². The van der Waals surface area contributed by atoms with E-state index < -0.39 is 0 Å². The van der Waals surface area contributed by atoms with E-state index >= 15 is 0 Å². The summed E-state index contributed by atoms with van der Waals surface area (Å²) in [5, 5.41) is 0. The third-order valence-electron chi connectivity index (χ3n) is 2.95. The highest BCUT2D eigenvalue weighted by atomic mass is 32.2. The molecule has 0 aliphatic carbocycles. The lowest BCUT2D eigenvalue weighted by Gasteiger charge is -2.17. The van der Waals surface area contributed by atoms with Crippen LogP contribution in [0.4, 0.5) is 0 Å². The van der Waals surface area contributed by atoms with Crippen molar-refractivity contribution >= 4 is 11.8 Å². The SMILES string of the molecule is Cc1cc(CN2CCCSCC2)oc1CN. The van der Waals surface area contributed by atoms with Gasteiger partial charge in [0.25, 0.3) is 0 Å². The van der Waals surface area contributed by atoms with Crippen molar-refractivity contribution in [2.45, 2.75) is 26.4 Å². The quantitative estimate of drug-likeness (QED) is 0.877. The minimum absolute atomic E-state index is 0.502. The van der Waals surface area contributed by atoms with E-state index in [1.807, 2.05) is 0 Å². The van der Waals surface area contributed by atoms with Crippen LogP contribution in [0.5, 0.6) is 0 Å². The zero-order valence-electron chi connectivity index (χ0n) is 9.87. The number of aryl methyl sites for hydroxylation is 1. The summed E-state index contributed by atoms with van der Waals surface area (Å²) in [4.78, 5) is 2.47. The predicted molar refractivity (Wildman–Crippen MR) is 68.6 cm³/mol. The number of nitrogens with zero attached hydrogens (tertiary/aromatic N) is 1. The summed E-state index contributed by atoms with van der Waals surface area (Å²) in [6, 6.07) is 2.13. The molecule has 90 valence electrons. The molecule has 1 aromatic heterocycles. The van der Waals surface area contributed by atoms with Crippen molar-refractivity contribution in [1.82, 2.24) is 4.90 Å². The van der Waals surface area contributed by atoms with Crippen LogP contribution in [0.3, 0.4) is 0 Å². The molecule has 4 heteroatoms. The van der Waals surface area contributed by atoms with E-state index in [1.54, 1.807) is 0 Å². The number of rotatable bonds is 3. The molecule has 2 rings (SSSR count). The topological polar surface area (TPSA) is 42.4 Å². The fourth-order valence-electron chi connectivity index (χ4n) is 2.05. The Morgan fingerprint density at radius 1 is 1.44 bits per heavy atom. The standard InChI is InChI=1S/C12H20N2OS/c1-10-7-11(15-12(10)8-13)9-14-3-2-5-16-6-4-14/h7H,2-6,8-9,13H2,1H3. The van der Waals surface area contributed by atoms with Crippen LogP contribution in [-0.2, 0) is 13.1 Å². The Morgan fingerprint density at radius 3 is 3.06 bits per heavy atom. The Balaban J connectivity index is 1.96. The van der Waals surface area contributed by atoms with E-state index in [0.717, 1.165) is 18.1 Å².